The summed E-state index contributed by atoms with van der Waals surface area (Å²) in [6.07, 6.45) is 5.53. The van der Waals surface area contributed by atoms with Crippen LogP contribution in [-0.4, -0.2) is 10.9 Å². The Morgan fingerprint density at radius 1 is 1.50 bits per heavy atom. The molecule has 6 heteroatoms. The number of nitriles is 1. The minimum atomic E-state index is -0.134. The first-order chi connectivity index (χ1) is 10.7. The van der Waals surface area contributed by atoms with E-state index in [9.17, 15) is 10.1 Å². The van der Waals surface area contributed by atoms with Gasteiger partial charge >= 0.3 is 0 Å². The largest absolute Gasteiger partial charge is 0.312 e. The smallest absolute Gasteiger partial charge is 0.268 e. The van der Waals surface area contributed by atoms with E-state index in [1.165, 1.54) is 35.5 Å². The van der Waals surface area contributed by atoms with Crippen LogP contribution in [0.15, 0.2) is 11.6 Å². The molecule has 2 aromatic heterocycles. The van der Waals surface area contributed by atoms with Crippen LogP contribution >= 0.6 is 22.7 Å². The Bertz CT molecular complexity index is 720. The summed E-state index contributed by atoms with van der Waals surface area (Å²) in [6, 6.07) is 4.01. The molecule has 0 radical (unpaired) electrons. The molecule has 0 saturated heterocycles. The molecule has 0 atom stereocenters. The van der Waals surface area contributed by atoms with Crippen molar-refractivity contribution in [1.29, 1.82) is 5.26 Å². The molecule has 1 N–H and O–H groups in total. The number of hydrogen-bond acceptors (Lipinski definition) is 5. The van der Waals surface area contributed by atoms with Gasteiger partial charge < -0.3 is 5.32 Å². The standard InChI is InChI=1S/C16H17N3OS2/c1-2-12-7-11(8-17)16(22-12)19-15(20)14-13(18-9-21-14)10-5-3-4-6-10/h7,9-10H,2-6H2,1H3,(H,19,20). The maximum Gasteiger partial charge on any atom is 0.268 e. The van der Waals surface area contributed by atoms with Crippen molar-refractivity contribution in [3.05, 3.63) is 32.6 Å². The quantitative estimate of drug-likeness (QED) is 0.894. The summed E-state index contributed by atoms with van der Waals surface area (Å²) in [4.78, 5) is 18.8. The van der Waals surface area contributed by atoms with E-state index in [2.05, 4.69) is 16.4 Å². The average Bonchev–Trinajstić information content (AvgIpc) is 3.26. The van der Waals surface area contributed by atoms with E-state index in [4.69, 9.17) is 0 Å². The molecule has 1 fully saturated rings. The SMILES string of the molecule is CCc1cc(C#N)c(NC(=O)c2scnc2C2CCCC2)s1. The number of nitrogens with zero attached hydrogens (tertiary/aromatic N) is 2. The highest BCUT2D eigenvalue weighted by atomic mass is 32.1. The Labute approximate surface area is 137 Å². The predicted octanol–water partition coefficient (Wildman–Crippen LogP) is 4.55. The second-order valence-electron chi connectivity index (χ2n) is 5.42. The molecule has 22 heavy (non-hydrogen) atoms. The van der Waals surface area contributed by atoms with E-state index >= 15 is 0 Å². The highest BCUT2D eigenvalue weighted by Gasteiger charge is 2.26. The third kappa shape index (κ3) is 2.92. The van der Waals surface area contributed by atoms with Crippen molar-refractivity contribution in [2.45, 2.75) is 44.9 Å². The van der Waals surface area contributed by atoms with Gasteiger partial charge in [-0.2, -0.15) is 5.26 Å². The number of hydrogen-bond donors (Lipinski definition) is 1. The lowest BCUT2D eigenvalue weighted by Crippen LogP contribution is -2.13. The molecule has 1 aliphatic carbocycles. The lowest BCUT2D eigenvalue weighted by molar-refractivity contribution is 0.102. The molecule has 2 aromatic rings. The third-order valence-electron chi connectivity index (χ3n) is 4.02. The maximum atomic E-state index is 12.6. The molecule has 0 bridgehead atoms. The van der Waals surface area contributed by atoms with Crippen LogP contribution in [0.1, 0.15) is 64.3 Å². The number of carbonyl (C=O) groups is 1. The van der Waals surface area contributed by atoms with Crippen LogP contribution in [0, 0.1) is 11.3 Å². The zero-order valence-corrected chi connectivity index (χ0v) is 14.0. The molecule has 1 aliphatic rings. The average molecular weight is 331 g/mol. The number of nitrogens with one attached hydrogen (secondary N) is 1. The van der Waals surface area contributed by atoms with Gasteiger partial charge in [-0.3, -0.25) is 4.79 Å². The van der Waals surface area contributed by atoms with Gasteiger partial charge in [-0.1, -0.05) is 19.8 Å². The minimum absolute atomic E-state index is 0.134. The van der Waals surface area contributed by atoms with Crippen molar-refractivity contribution in [1.82, 2.24) is 4.98 Å². The zero-order chi connectivity index (χ0) is 15.5. The Balaban J connectivity index is 1.82. The van der Waals surface area contributed by atoms with E-state index < -0.39 is 0 Å². The van der Waals surface area contributed by atoms with Crippen LogP contribution in [0.2, 0.25) is 0 Å². The Kier molecular flexibility index (Phi) is 4.55. The van der Waals surface area contributed by atoms with Crippen molar-refractivity contribution in [2.24, 2.45) is 0 Å². The van der Waals surface area contributed by atoms with Crippen molar-refractivity contribution < 1.29 is 4.79 Å². The highest BCUT2D eigenvalue weighted by Crippen LogP contribution is 2.37. The van der Waals surface area contributed by atoms with Gasteiger partial charge in [0.25, 0.3) is 5.91 Å². The number of rotatable bonds is 4. The second-order valence-corrected chi connectivity index (χ2v) is 7.41. The van der Waals surface area contributed by atoms with E-state index in [1.807, 2.05) is 13.0 Å². The number of carbonyl (C=O) groups excluding carboxylic acids is 1. The lowest BCUT2D eigenvalue weighted by Gasteiger charge is -2.08. The molecule has 2 heterocycles. The van der Waals surface area contributed by atoms with Gasteiger partial charge in [0.05, 0.1) is 16.8 Å². The summed E-state index contributed by atoms with van der Waals surface area (Å²) in [6.45, 7) is 2.04. The Morgan fingerprint density at radius 2 is 2.27 bits per heavy atom. The summed E-state index contributed by atoms with van der Waals surface area (Å²) >= 11 is 2.87. The minimum Gasteiger partial charge on any atom is -0.312 e. The third-order valence-corrected chi connectivity index (χ3v) is 6.06. The van der Waals surface area contributed by atoms with E-state index in [-0.39, 0.29) is 5.91 Å². The van der Waals surface area contributed by atoms with Crippen molar-refractivity contribution in [3.8, 4) is 6.07 Å². The van der Waals surface area contributed by atoms with Gasteiger partial charge in [0.15, 0.2) is 0 Å². The maximum absolute atomic E-state index is 12.6. The molecule has 1 amide bonds. The van der Waals surface area contributed by atoms with Gasteiger partial charge in [-0.05, 0) is 25.3 Å². The highest BCUT2D eigenvalue weighted by molar-refractivity contribution is 7.16. The van der Waals surface area contributed by atoms with Crippen molar-refractivity contribution in [2.75, 3.05) is 5.32 Å². The summed E-state index contributed by atoms with van der Waals surface area (Å²) in [5.74, 6) is 0.280. The van der Waals surface area contributed by atoms with E-state index in [0.29, 0.717) is 21.4 Å². The first-order valence-electron chi connectivity index (χ1n) is 7.50. The molecule has 0 aromatic carbocycles. The van der Waals surface area contributed by atoms with Gasteiger partial charge in [-0.25, -0.2) is 4.98 Å². The number of aryl methyl sites for hydroxylation is 1. The van der Waals surface area contributed by atoms with Crippen LogP contribution in [0.5, 0.6) is 0 Å². The number of thiazole rings is 1. The fraction of sp³-hybridized carbons (Fsp3) is 0.438. The number of amides is 1. The topological polar surface area (TPSA) is 65.8 Å². The van der Waals surface area contributed by atoms with Gasteiger partial charge in [0.2, 0.25) is 0 Å². The molecule has 0 aliphatic heterocycles. The van der Waals surface area contributed by atoms with Crippen LogP contribution < -0.4 is 5.32 Å². The molecule has 3 rings (SSSR count). The normalized spacial score (nSPS) is 14.9. The lowest BCUT2D eigenvalue weighted by atomic mass is 10.0. The zero-order valence-electron chi connectivity index (χ0n) is 12.4. The molecule has 1 saturated carbocycles. The summed E-state index contributed by atoms with van der Waals surface area (Å²) in [7, 11) is 0. The second kappa shape index (κ2) is 6.59. The van der Waals surface area contributed by atoms with Crippen LogP contribution in [-0.2, 0) is 6.42 Å². The summed E-state index contributed by atoms with van der Waals surface area (Å²) < 4.78 is 0. The first-order valence-corrected chi connectivity index (χ1v) is 9.20. The van der Waals surface area contributed by atoms with E-state index in [0.717, 1.165) is 29.8 Å². The monoisotopic (exact) mass is 331 g/mol. The fourth-order valence-corrected chi connectivity index (χ4v) is 4.58. The van der Waals surface area contributed by atoms with Crippen molar-refractivity contribution >= 4 is 33.6 Å². The summed E-state index contributed by atoms with van der Waals surface area (Å²) in [5, 5.41) is 12.8. The van der Waals surface area contributed by atoms with Gasteiger partial charge in [0.1, 0.15) is 15.9 Å². The van der Waals surface area contributed by atoms with E-state index in [1.54, 1.807) is 5.51 Å². The van der Waals surface area contributed by atoms with Gasteiger partial charge in [0, 0.05) is 10.8 Å². The Hall–Kier alpha value is -1.71. The molecule has 0 spiro atoms. The molecular weight excluding hydrogens is 314 g/mol. The predicted molar refractivity (Wildman–Crippen MR) is 89.7 cm³/mol. The fourth-order valence-electron chi connectivity index (χ4n) is 2.87. The van der Waals surface area contributed by atoms with Crippen LogP contribution in [0.3, 0.4) is 0 Å². The molecule has 114 valence electrons. The van der Waals surface area contributed by atoms with Crippen LogP contribution in [0.25, 0.3) is 0 Å². The van der Waals surface area contributed by atoms with Gasteiger partial charge in [-0.15, -0.1) is 22.7 Å². The molecule has 0 unspecified atom stereocenters. The van der Waals surface area contributed by atoms with Crippen molar-refractivity contribution in [3.63, 3.8) is 0 Å². The Morgan fingerprint density at radius 3 is 2.95 bits per heavy atom. The number of anilines is 1. The number of thiophene rings is 1. The van der Waals surface area contributed by atoms with Crippen LogP contribution in [0.4, 0.5) is 5.00 Å². The molecule has 4 nitrogen and oxygen atoms in total. The number of aromatic nitrogens is 1. The summed E-state index contributed by atoms with van der Waals surface area (Å²) in [5.41, 5.74) is 3.23. The molecular formula is C16H17N3OS2. The first kappa shape index (κ1) is 15.2.